The van der Waals surface area contributed by atoms with E-state index in [-0.39, 0.29) is 0 Å². The van der Waals surface area contributed by atoms with Crippen molar-refractivity contribution in [3.63, 3.8) is 0 Å². The fraction of sp³-hybridized carbons (Fsp3) is 0.533. The number of rotatable bonds is 5. The number of aliphatic hydroxyl groups excluding tert-OH is 1. The Bertz CT molecular complexity index is 398. The minimum absolute atomic E-state index is 0.435. The summed E-state index contributed by atoms with van der Waals surface area (Å²) >= 11 is 0. The second kappa shape index (κ2) is 6.68. The number of carbonyl (C=O) groups excluding carboxylic acids is 1. The van der Waals surface area contributed by atoms with Gasteiger partial charge in [0, 0.05) is 0 Å². The van der Waals surface area contributed by atoms with Crippen LogP contribution >= 0.6 is 0 Å². The van der Waals surface area contributed by atoms with Gasteiger partial charge in [-0.25, -0.2) is 0 Å². The van der Waals surface area contributed by atoms with E-state index < -0.39 is 23.7 Å². The molecule has 0 spiro atoms. The molecule has 0 amide bonds. The van der Waals surface area contributed by atoms with E-state index >= 15 is 0 Å². The zero-order valence-corrected chi connectivity index (χ0v) is 11.8. The Balaban J connectivity index is 2.44. The molecule has 0 saturated heterocycles. The van der Waals surface area contributed by atoms with Gasteiger partial charge in [-0.3, -0.25) is 4.79 Å². The molecule has 0 saturated carbocycles. The van der Waals surface area contributed by atoms with Crippen molar-refractivity contribution < 1.29 is 14.6 Å². The maximum Gasteiger partial charge on any atom is 0.326 e. The van der Waals surface area contributed by atoms with Crippen LogP contribution < -0.4 is 5.73 Å². The van der Waals surface area contributed by atoms with Crippen molar-refractivity contribution >= 4 is 5.97 Å². The highest BCUT2D eigenvalue weighted by atomic mass is 16.6. The van der Waals surface area contributed by atoms with Crippen LogP contribution in [0.4, 0.5) is 0 Å². The Morgan fingerprint density at radius 2 is 1.89 bits per heavy atom. The summed E-state index contributed by atoms with van der Waals surface area (Å²) in [7, 11) is 0. The van der Waals surface area contributed by atoms with Crippen molar-refractivity contribution in [3.05, 3.63) is 35.9 Å². The standard InChI is InChI=1S/C15H23NO3/c1-15(2,3)19-14(18)13(16)12(17)10-9-11-7-5-4-6-8-11/h4-8,12-13,17H,9-10,16H2,1-3H3/t12-,13-/m0/s1. The SMILES string of the molecule is CC(C)(C)OC(=O)[C@@H](N)[C@@H](O)CCc1ccccc1. The van der Waals surface area contributed by atoms with Gasteiger partial charge in [0.1, 0.15) is 11.6 Å². The predicted octanol–water partition coefficient (Wildman–Crippen LogP) is 1.65. The molecular weight excluding hydrogens is 242 g/mol. The number of benzene rings is 1. The first-order valence-corrected chi connectivity index (χ1v) is 6.50. The van der Waals surface area contributed by atoms with Gasteiger partial charge in [0.15, 0.2) is 0 Å². The van der Waals surface area contributed by atoms with Gasteiger partial charge in [0.2, 0.25) is 0 Å². The lowest BCUT2D eigenvalue weighted by Gasteiger charge is -2.24. The van der Waals surface area contributed by atoms with E-state index in [0.717, 1.165) is 5.56 Å². The summed E-state index contributed by atoms with van der Waals surface area (Å²) in [6.45, 7) is 5.32. The van der Waals surface area contributed by atoms with E-state index in [9.17, 15) is 9.90 Å². The van der Waals surface area contributed by atoms with Gasteiger partial charge in [-0.15, -0.1) is 0 Å². The normalized spacial score (nSPS) is 14.8. The molecule has 0 aliphatic heterocycles. The molecule has 106 valence electrons. The van der Waals surface area contributed by atoms with Crippen LogP contribution in [0.5, 0.6) is 0 Å². The highest BCUT2D eigenvalue weighted by Gasteiger charge is 2.27. The summed E-state index contributed by atoms with van der Waals surface area (Å²) in [6, 6.07) is 8.78. The van der Waals surface area contributed by atoms with Gasteiger partial charge in [-0.05, 0) is 39.2 Å². The van der Waals surface area contributed by atoms with Crippen LogP contribution in [0.2, 0.25) is 0 Å². The number of aliphatic hydroxyl groups is 1. The van der Waals surface area contributed by atoms with Gasteiger partial charge in [0.05, 0.1) is 6.10 Å². The summed E-state index contributed by atoms with van der Waals surface area (Å²) in [4.78, 5) is 11.7. The van der Waals surface area contributed by atoms with Crippen molar-refractivity contribution in [2.75, 3.05) is 0 Å². The third-order valence-electron chi connectivity index (χ3n) is 2.67. The van der Waals surface area contributed by atoms with E-state index in [1.54, 1.807) is 20.8 Å². The van der Waals surface area contributed by atoms with E-state index in [1.807, 2.05) is 30.3 Å². The molecule has 0 unspecified atom stereocenters. The van der Waals surface area contributed by atoms with Crippen LogP contribution in [-0.4, -0.2) is 28.8 Å². The van der Waals surface area contributed by atoms with E-state index in [2.05, 4.69) is 0 Å². The average molecular weight is 265 g/mol. The molecule has 1 rings (SSSR count). The topological polar surface area (TPSA) is 72.5 Å². The lowest BCUT2D eigenvalue weighted by atomic mass is 10.0. The van der Waals surface area contributed by atoms with Crippen LogP contribution in [-0.2, 0) is 16.0 Å². The molecule has 3 N–H and O–H groups in total. The Kier molecular flexibility index (Phi) is 5.51. The zero-order valence-electron chi connectivity index (χ0n) is 11.8. The molecule has 0 bridgehead atoms. The fourth-order valence-electron chi connectivity index (χ4n) is 1.67. The third kappa shape index (κ3) is 5.85. The molecule has 4 nitrogen and oxygen atoms in total. The van der Waals surface area contributed by atoms with Crippen LogP contribution in [0.25, 0.3) is 0 Å². The summed E-state index contributed by atoms with van der Waals surface area (Å²) < 4.78 is 5.15. The van der Waals surface area contributed by atoms with Crippen LogP contribution in [0.15, 0.2) is 30.3 Å². The zero-order chi connectivity index (χ0) is 14.5. The smallest absolute Gasteiger partial charge is 0.326 e. The van der Waals surface area contributed by atoms with E-state index in [1.165, 1.54) is 0 Å². The molecule has 1 aromatic rings. The number of esters is 1. The molecule has 0 aromatic heterocycles. The van der Waals surface area contributed by atoms with E-state index in [4.69, 9.17) is 10.5 Å². The van der Waals surface area contributed by atoms with Gasteiger partial charge < -0.3 is 15.6 Å². The first-order chi connectivity index (χ1) is 8.79. The van der Waals surface area contributed by atoms with Crippen molar-refractivity contribution in [1.82, 2.24) is 0 Å². The maximum atomic E-state index is 11.7. The number of ether oxygens (including phenoxy) is 1. The Labute approximate surface area is 114 Å². The number of hydrogen-bond donors (Lipinski definition) is 2. The molecule has 1 aromatic carbocycles. The van der Waals surface area contributed by atoms with Crippen LogP contribution in [0.3, 0.4) is 0 Å². The Hall–Kier alpha value is -1.39. The predicted molar refractivity (Wildman–Crippen MR) is 74.6 cm³/mol. The number of nitrogens with two attached hydrogens (primary N) is 1. The van der Waals surface area contributed by atoms with Gasteiger partial charge in [-0.1, -0.05) is 30.3 Å². The van der Waals surface area contributed by atoms with Crippen LogP contribution in [0, 0.1) is 0 Å². The monoisotopic (exact) mass is 265 g/mol. The molecule has 0 heterocycles. The quantitative estimate of drug-likeness (QED) is 0.794. The van der Waals surface area contributed by atoms with Crippen molar-refractivity contribution in [2.45, 2.75) is 51.4 Å². The van der Waals surface area contributed by atoms with Crippen LogP contribution in [0.1, 0.15) is 32.8 Å². The summed E-state index contributed by atoms with van der Waals surface area (Å²) in [5, 5.41) is 9.92. The lowest BCUT2D eigenvalue weighted by molar-refractivity contribution is -0.159. The molecule has 2 atom stereocenters. The highest BCUT2D eigenvalue weighted by molar-refractivity contribution is 5.76. The second-order valence-electron chi connectivity index (χ2n) is 5.65. The maximum absolute atomic E-state index is 11.7. The molecule has 19 heavy (non-hydrogen) atoms. The molecule has 0 radical (unpaired) electrons. The van der Waals surface area contributed by atoms with Gasteiger partial charge >= 0.3 is 5.97 Å². The molecule has 0 aliphatic rings. The minimum atomic E-state index is -0.997. The lowest BCUT2D eigenvalue weighted by Crippen LogP contribution is -2.45. The first kappa shape index (κ1) is 15.7. The highest BCUT2D eigenvalue weighted by Crippen LogP contribution is 2.11. The Morgan fingerprint density at radius 3 is 2.42 bits per heavy atom. The summed E-state index contributed by atoms with van der Waals surface area (Å²) in [6.07, 6.45) is 0.221. The average Bonchev–Trinajstić information content (AvgIpc) is 2.34. The van der Waals surface area contributed by atoms with E-state index in [0.29, 0.717) is 12.8 Å². The molecular formula is C15H23NO3. The fourth-order valence-corrected chi connectivity index (χ4v) is 1.67. The van der Waals surface area contributed by atoms with Crippen molar-refractivity contribution in [1.29, 1.82) is 0 Å². The minimum Gasteiger partial charge on any atom is -0.459 e. The van der Waals surface area contributed by atoms with Crippen molar-refractivity contribution in [3.8, 4) is 0 Å². The van der Waals surface area contributed by atoms with Crippen molar-refractivity contribution in [2.24, 2.45) is 5.73 Å². The number of carbonyl (C=O) groups is 1. The summed E-state index contributed by atoms with van der Waals surface area (Å²) in [5.41, 5.74) is 6.23. The van der Waals surface area contributed by atoms with Gasteiger partial charge in [-0.2, -0.15) is 0 Å². The molecule has 0 fully saturated rings. The largest absolute Gasteiger partial charge is 0.459 e. The second-order valence-corrected chi connectivity index (χ2v) is 5.65. The molecule has 0 aliphatic carbocycles. The Morgan fingerprint density at radius 1 is 1.32 bits per heavy atom. The number of aryl methyl sites for hydroxylation is 1. The third-order valence-corrected chi connectivity index (χ3v) is 2.67. The number of hydrogen-bond acceptors (Lipinski definition) is 4. The first-order valence-electron chi connectivity index (χ1n) is 6.50. The summed E-state index contributed by atoms with van der Waals surface area (Å²) in [5.74, 6) is -0.562. The molecule has 4 heteroatoms. The van der Waals surface area contributed by atoms with Gasteiger partial charge in [0.25, 0.3) is 0 Å².